The highest BCUT2D eigenvalue weighted by molar-refractivity contribution is 9.10. The van der Waals surface area contributed by atoms with E-state index in [4.69, 9.17) is 5.84 Å². The number of halogens is 1. The summed E-state index contributed by atoms with van der Waals surface area (Å²) in [4.78, 5) is 2.48. The van der Waals surface area contributed by atoms with Gasteiger partial charge in [-0.2, -0.15) is 5.10 Å². The van der Waals surface area contributed by atoms with E-state index in [1.165, 1.54) is 5.69 Å². The van der Waals surface area contributed by atoms with Crippen molar-refractivity contribution in [3.8, 4) is 0 Å². The lowest BCUT2D eigenvalue weighted by molar-refractivity contribution is 0.0693. The molecule has 6 heteroatoms. The quantitative estimate of drug-likeness (QED) is 0.552. The summed E-state index contributed by atoms with van der Waals surface area (Å²) in [6, 6.07) is 0.161. The zero-order valence-electron chi connectivity index (χ0n) is 14.2. The Morgan fingerprint density at radius 1 is 1.38 bits per heavy atom. The summed E-state index contributed by atoms with van der Waals surface area (Å²) in [6.45, 7) is 13.0. The SMILES string of the molecule is CCN(CC)C(C)(CC)C(Cc1c(Br)c(C)nn1C)NN. The van der Waals surface area contributed by atoms with Crippen LogP contribution in [0.3, 0.4) is 0 Å². The Morgan fingerprint density at radius 3 is 2.29 bits per heavy atom. The van der Waals surface area contributed by atoms with Crippen LogP contribution in [-0.4, -0.2) is 39.4 Å². The third-order valence-corrected chi connectivity index (χ3v) is 5.84. The highest BCUT2D eigenvalue weighted by Crippen LogP contribution is 2.28. The van der Waals surface area contributed by atoms with Gasteiger partial charge < -0.3 is 0 Å². The van der Waals surface area contributed by atoms with Crippen LogP contribution in [0, 0.1) is 6.92 Å². The third-order valence-electron chi connectivity index (χ3n) is 4.81. The van der Waals surface area contributed by atoms with E-state index in [9.17, 15) is 0 Å². The average molecular weight is 360 g/mol. The standard InChI is InChI=1S/C15H30BrN5/c1-7-15(5,21(8-2)9-3)13(18-17)10-12-14(16)11(4)19-20(12)6/h13,18H,7-10,17H2,1-6H3. The summed E-state index contributed by atoms with van der Waals surface area (Å²) in [6.07, 6.45) is 1.88. The Morgan fingerprint density at radius 2 is 1.95 bits per heavy atom. The lowest BCUT2D eigenvalue weighted by Gasteiger charge is -2.45. The molecule has 122 valence electrons. The Bertz CT molecular complexity index is 455. The van der Waals surface area contributed by atoms with Crippen LogP contribution in [0.1, 0.15) is 45.5 Å². The van der Waals surface area contributed by atoms with E-state index in [-0.39, 0.29) is 11.6 Å². The summed E-state index contributed by atoms with van der Waals surface area (Å²) >= 11 is 3.65. The van der Waals surface area contributed by atoms with Gasteiger partial charge in [0.05, 0.1) is 15.9 Å². The average Bonchev–Trinajstić information content (AvgIpc) is 2.71. The number of likely N-dealkylation sites (N-methyl/N-ethyl adjacent to an activating group) is 1. The van der Waals surface area contributed by atoms with Crippen LogP contribution < -0.4 is 11.3 Å². The lowest BCUT2D eigenvalue weighted by Crippen LogP contribution is -2.61. The number of nitrogens with one attached hydrogen (secondary N) is 1. The number of rotatable bonds is 8. The van der Waals surface area contributed by atoms with E-state index < -0.39 is 0 Å². The predicted octanol–water partition coefficient (Wildman–Crippen LogP) is 2.38. The van der Waals surface area contributed by atoms with E-state index in [1.54, 1.807) is 0 Å². The van der Waals surface area contributed by atoms with E-state index in [0.717, 1.165) is 36.1 Å². The molecule has 21 heavy (non-hydrogen) atoms. The smallest absolute Gasteiger partial charge is 0.0738 e. The molecule has 2 unspecified atom stereocenters. The minimum atomic E-state index is 0.00979. The summed E-state index contributed by atoms with van der Waals surface area (Å²) in [7, 11) is 1.99. The molecule has 1 aromatic heterocycles. The van der Waals surface area contributed by atoms with Gasteiger partial charge in [0.2, 0.25) is 0 Å². The molecule has 2 atom stereocenters. The Kier molecular flexibility index (Phi) is 6.84. The molecular weight excluding hydrogens is 330 g/mol. The van der Waals surface area contributed by atoms with Gasteiger partial charge in [0.15, 0.2) is 0 Å². The van der Waals surface area contributed by atoms with Gasteiger partial charge in [-0.1, -0.05) is 20.8 Å². The highest BCUT2D eigenvalue weighted by atomic mass is 79.9. The second-order valence-corrected chi connectivity index (χ2v) is 6.57. The van der Waals surface area contributed by atoms with Crippen molar-refractivity contribution in [2.45, 2.75) is 59.0 Å². The van der Waals surface area contributed by atoms with Crippen LogP contribution in [0.5, 0.6) is 0 Å². The summed E-state index contributed by atoms with van der Waals surface area (Å²) < 4.78 is 3.03. The van der Waals surface area contributed by atoms with E-state index in [2.05, 4.69) is 59.0 Å². The number of hydrogen-bond donors (Lipinski definition) is 2. The molecule has 3 N–H and O–H groups in total. The minimum absolute atomic E-state index is 0.00979. The fraction of sp³-hybridized carbons (Fsp3) is 0.800. The molecule has 0 aromatic carbocycles. The molecule has 0 saturated heterocycles. The van der Waals surface area contributed by atoms with Crippen LogP contribution >= 0.6 is 15.9 Å². The fourth-order valence-electron chi connectivity index (χ4n) is 3.19. The largest absolute Gasteiger partial charge is 0.297 e. The molecule has 0 fully saturated rings. The van der Waals surface area contributed by atoms with Gasteiger partial charge in [0, 0.05) is 25.0 Å². The third kappa shape index (κ3) is 3.67. The van der Waals surface area contributed by atoms with Gasteiger partial charge >= 0.3 is 0 Å². The fourth-order valence-corrected chi connectivity index (χ4v) is 3.69. The zero-order valence-corrected chi connectivity index (χ0v) is 15.8. The predicted molar refractivity (Wildman–Crippen MR) is 92.1 cm³/mol. The molecule has 0 aliphatic carbocycles. The molecule has 1 rings (SSSR count). The second kappa shape index (κ2) is 7.72. The van der Waals surface area contributed by atoms with E-state index >= 15 is 0 Å². The summed E-state index contributed by atoms with van der Waals surface area (Å²) in [5.41, 5.74) is 5.26. The molecular formula is C15H30BrN5. The first-order chi connectivity index (χ1) is 9.85. The number of aromatic nitrogens is 2. The van der Waals surface area contributed by atoms with Gasteiger partial charge in [0.1, 0.15) is 0 Å². The van der Waals surface area contributed by atoms with Crippen molar-refractivity contribution in [2.24, 2.45) is 12.9 Å². The van der Waals surface area contributed by atoms with Gasteiger partial charge in [-0.25, -0.2) is 0 Å². The number of hydrogen-bond acceptors (Lipinski definition) is 4. The maximum absolute atomic E-state index is 5.91. The summed E-state index contributed by atoms with van der Waals surface area (Å²) in [5.74, 6) is 5.91. The molecule has 0 aliphatic heterocycles. The monoisotopic (exact) mass is 359 g/mol. The van der Waals surface area contributed by atoms with Gasteiger partial charge in [-0.3, -0.25) is 20.9 Å². The lowest BCUT2D eigenvalue weighted by atomic mass is 9.84. The molecule has 0 bridgehead atoms. The van der Waals surface area contributed by atoms with Crippen LogP contribution in [0.25, 0.3) is 0 Å². The second-order valence-electron chi connectivity index (χ2n) is 5.78. The Balaban J connectivity index is 3.10. The molecule has 0 radical (unpaired) electrons. The zero-order chi connectivity index (χ0) is 16.2. The van der Waals surface area contributed by atoms with Crippen LogP contribution in [-0.2, 0) is 13.5 Å². The van der Waals surface area contributed by atoms with E-state index in [0.29, 0.717) is 0 Å². The highest BCUT2D eigenvalue weighted by Gasteiger charge is 2.37. The number of nitrogens with zero attached hydrogens (tertiary/aromatic N) is 3. The first-order valence-corrected chi connectivity index (χ1v) is 8.54. The van der Waals surface area contributed by atoms with Crippen molar-refractivity contribution in [3.05, 3.63) is 15.9 Å². The van der Waals surface area contributed by atoms with Crippen LogP contribution in [0.2, 0.25) is 0 Å². The van der Waals surface area contributed by atoms with Crippen molar-refractivity contribution < 1.29 is 0 Å². The maximum atomic E-state index is 5.91. The van der Waals surface area contributed by atoms with Crippen molar-refractivity contribution >= 4 is 15.9 Å². The molecule has 0 aliphatic rings. The van der Waals surface area contributed by atoms with Crippen molar-refractivity contribution in [3.63, 3.8) is 0 Å². The summed E-state index contributed by atoms with van der Waals surface area (Å²) in [5, 5.41) is 4.48. The molecule has 0 saturated carbocycles. The Hall–Kier alpha value is -0.430. The van der Waals surface area contributed by atoms with Crippen molar-refractivity contribution in [1.82, 2.24) is 20.1 Å². The van der Waals surface area contributed by atoms with Gasteiger partial charge in [-0.05, 0) is 49.3 Å². The number of hydrazine groups is 1. The van der Waals surface area contributed by atoms with Gasteiger partial charge in [0.25, 0.3) is 0 Å². The van der Waals surface area contributed by atoms with Gasteiger partial charge in [-0.15, -0.1) is 0 Å². The van der Waals surface area contributed by atoms with Crippen LogP contribution in [0.15, 0.2) is 4.47 Å². The molecule has 1 aromatic rings. The molecule has 5 nitrogen and oxygen atoms in total. The number of nitrogens with two attached hydrogens (primary N) is 1. The normalized spacial score (nSPS) is 16.2. The minimum Gasteiger partial charge on any atom is -0.297 e. The topological polar surface area (TPSA) is 59.1 Å². The molecule has 0 amide bonds. The van der Waals surface area contributed by atoms with Crippen molar-refractivity contribution in [1.29, 1.82) is 0 Å². The molecule has 1 heterocycles. The van der Waals surface area contributed by atoms with E-state index in [1.807, 2.05) is 18.7 Å². The van der Waals surface area contributed by atoms with Crippen molar-refractivity contribution in [2.75, 3.05) is 13.1 Å². The maximum Gasteiger partial charge on any atom is 0.0738 e. The number of aryl methyl sites for hydroxylation is 2. The van der Waals surface area contributed by atoms with Crippen LogP contribution in [0.4, 0.5) is 0 Å². The first kappa shape index (κ1) is 18.6. The Labute approximate surface area is 137 Å². The first-order valence-electron chi connectivity index (χ1n) is 7.74. The molecule has 0 spiro atoms.